The number of nitrogens with one attached hydrogen (secondary N) is 1. The molecular weight excluding hydrogens is 446 g/mol. The van der Waals surface area contributed by atoms with Gasteiger partial charge >= 0.3 is 18.4 Å². The molecular formula is C18H14F6N6O2. The Morgan fingerprint density at radius 2 is 1.59 bits per heavy atom. The number of methoxy groups -OCH3 is 1. The molecule has 170 valence electrons. The molecule has 0 saturated heterocycles. The number of aromatic nitrogens is 5. The molecule has 32 heavy (non-hydrogen) atoms. The van der Waals surface area contributed by atoms with Crippen LogP contribution >= 0.6 is 0 Å². The molecule has 1 aromatic carbocycles. The van der Waals surface area contributed by atoms with Gasteiger partial charge < -0.3 is 10.1 Å². The van der Waals surface area contributed by atoms with Gasteiger partial charge in [-0.2, -0.15) is 36.0 Å². The maximum absolute atomic E-state index is 13.1. The minimum absolute atomic E-state index is 0.0319. The second-order valence-corrected chi connectivity index (χ2v) is 6.41. The molecule has 0 radical (unpaired) electrons. The third-order valence-corrected chi connectivity index (χ3v) is 4.12. The highest BCUT2D eigenvalue weighted by Crippen LogP contribution is 2.36. The van der Waals surface area contributed by atoms with E-state index in [0.29, 0.717) is 12.1 Å². The van der Waals surface area contributed by atoms with Gasteiger partial charge in [-0.25, -0.2) is 9.97 Å². The number of halogens is 6. The van der Waals surface area contributed by atoms with E-state index < -0.39 is 41.0 Å². The maximum Gasteiger partial charge on any atom is 0.416 e. The van der Waals surface area contributed by atoms with Crippen molar-refractivity contribution in [2.24, 2.45) is 0 Å². The van der Waals surface area contributed by atoms with Gasteiger partial charge in [0.1, 0.15) is 0 Å². The summed E-state index contributed by atoms with van der Waals surface area (Å²) in [6.45, 7) is 1.40. The topological polar surface area (TPSA) is 94.8 Å². The molecule has 0 bridgehead atoms. The molecule has 1 atom stereocenters. The van der Waals surface area contributed by atoms with E-state index in [1.165, 1.54) is 32.5 Å². The van der Waals surface area contributed by atoms with Crippen molar-refractivity contribution in [1.82, 2.24) is 30.0 Å². The van der Waals surface area contributed by atoms with Crippen molar-refractivity contribution in [3.63, 3.8) is 0 Å². The Balaban J connectivity index is 1.95. The van der Waals surface area contributed by atoms with Gasteiger partial charge in [0.15, 0.2) is 5.82 Å². The van der Waals surface area contributed by atoms with E-state index in [1.807, 2.05) is 0 Å². The SMILES string of the molecule is COc1nc(C(C)NC(=O)c2cc(C(F)(F)F)cc(C(F)(F)F)c2)n(-c2ncccn2)n1. The number of alkyl halides is 6. The molecule has 14 heteroatoms. The molecule has 0 spiro atoms. The second kappa shape index (κ2) is 8.43. The number of hydrogen-bond acceptors (Lipinski definition) is 6. The van der Waals surface area contributed by atoms with E-state index in [4.69, 9.17) is 4.74 Å². The molecule has 1 amide bonds. The summed E-state index contributed by atoms with van der Waals surface area (Å²) < 4.78 is 84.4. The van der Waals surface area contributed by atoms with E-state index in [2.05, 4.69) is 25.4 Å². The predicted octanol–water partition coefficient (Wildman–Crippen LogP) is 3.59. The lowest BCUT2D eigenvalue weighted by Gasteiger charge is -2.16. The zero-order valence-corrected chi connectivity index (χ0v) is 16.4. The van der Waals surface area contributed by atoms with Gasteiger partial charge in [0.2, 0.25) is 0 Å². The van der Waals surface area contributed by atoms with Crippen molar-refractivity contribution in [1.29, 1.82) is 0 Å². The highest BCUT2D eigenvalue weighted by Gasteiger charge is 2.37. The monoisotopic (exact) mass is 460 g/mol. The lowest BCUT2D eigenvalue weighted by atomic mass is 10.0. The number of benzene rings is 1. The van der Waals surface area contributed by atoms with Crippen LogP contribution in [0.3, 0.4) is 0 Å². The van der Waals surface area contributed by atoms with Crippen molar-refractivity contribution in [3.05, 3.63) is 59.2 Å². The molecule has 0 aliphatic carbocycles. The van der Waals surface area contributed by atoms with Gasteiger partial charge in [0, 0.05) is 18.0 Å². The molecule has 0 aliphatic rings. The highest BCUT2D eigenvalue weighted by molar-refractivity contribution is 5.94. The van der Waals surface area contributed by atoms with Crippen LogP contribution in [-0.2, 0) is 12.4 Å². The van der Waals surface area contributed by atoms with Crippen LogP contribution in [0.4, 0.5) is 26.3 Å². The zero-order valence-electron chi connectivity index (χ0n) is 16.4. The van der Waals surface area contributed by atoms with Crippen molar-refractivity contribution < 1.29 is 35.9 Å². The van der Waals surface area contributed by atoms with Gasteiger partial charge in [-0.1, -0.05) is 0 Å². The molecule has 2 aromatic heterocycles. The first-order valence-corrected chi connectivity index (χ1v) is 8.79. The minimum atomic E-state index is -5.08. The summed E-state index contributed by atoms with van der Waals surface area (Å²) in [6, 6.07) is 1.01. The lowest BCUT2D eigenvalue weighted by Crippen LogP contribution is -2.29. The quantitative estimate of drug-likeness (QED) is 0.585. The van der Waals surface area contributed by atoms with Crippen LogP contribution in [0.1, 0.15) is 40.3 Å². The van der Waals surface area contributed by atoms with E-state index in [0.717, 1.165) is 4.68 Å². The lowest BCUT2D eigenvalue weighted by molar-refractivity contribution is -0.143. The van der Waals surface area contributed by atoms with E-state index in [1.54, 1.807) is 0 Å². The molecule has 3 rings (SSSR count). The number of rotatable bonds is 5. The Morgan fingerprint density at radius 1 is 1.03 bits per heavy atom. The van der Waals surface area contributed by atoms with Gasteiger partial charge in [0.05, 0.1) is 24.3 Å². The molecule has 0 aliphatic heterocycles. The van der Waals surface area contributed by atoms with Crippen LogP contribution in [0, 0.1) is 0 Å². The molecule has 2 heterocycles. The highest BCUT2D eigenvalue weighted by atomic mass is 19.4. The zero-order chi connectivity index (χ0) is 23.7. The first kappa shape index (κ1) is 23.0. The van der Waals surface area contributed by atoms with Crippen molar-refractivity contribution in [2.75, 3.05) is 7.11 Å². The fraction of sp³-hybridized carbons (Fsp3) is 0.278. The molecule has 8 nitrogen and oxygen atoms in total. The summed E-state index contributed by atoms with van der Waals surface area (Å²) in [5, 5.41) is 6.31. The Kier molecular flexibility index (Phi) is 6.05. The number of nitrogens with zero attached hydrogens (tertiary/aromatic N) is 5. The van der Waals surface area contributed by atoms with Crippen LogP contribution in [0.15, 0.2) is 36.7 Å². The van der Waals surface area contributed by atoms with Crippen molar-refractivity contribution in [3.8, 4) is 12.0 Å². The van der Waals surface area contributed by atoms with Gasteiger partial charge in [0.25, 0.3) is 11.9 Å². The largest absolute Gasteiger partial charge is 0.466 e. The summed E-state index contributed by atoms with van der Waals surface area (Å²) in [6.07, 6.45) is -7.35. The Morgan fingerprint density at radius 3 is 2.09 bits per heavy atom. The minimum Gasteiger partial charge on any atom is -0.466 e. The Labute approximate surface area is 176 Å². The van der Waals surface area contributed by atoms with E-state index in [9.17, 15) is 31.1 Å². The van der Waals surface area contributed by atoms with E-state index in [-0.39, 0.29) is 23.8 Å². The summed E-state index contributed by atoms with van der Waals surface area (Å²) >= 11 is 0. The first-order chi connectivity index (χ1) is 14.9. The normalized spacial score (nSPS) is 13.0. The van der Waals surface area contributed by atoms with Crippen LogP contribution in [0.2, 0.25) is 0 Å². The number of carbonyl (C=O) groups is 1. The Bertz CT molecular complexity index is 1080. The molecule has 1 unspecified atom stereocenters. The fourth-order valence-corrected chi connectivity index (χ4v) is 2.65. The molecule has 1 N–H and O–H groups in total. The predicted molar refractivity (Wildman–Crippen MR) is 95.8 cm³/mol. The third-order valence-electron chi connectivity index (χ3n) is 4.12. The average molecular weight is 460 g/mol. The smallest absolute Gasteiger partial charge is 0.416 e. The molecule has 0 saturated carbocycles. The van der Waals surface area contributed by atoms with Crippen LogP contribution < -0.4 is 10.1 Å². The Hall–Kier alpha value is -3.71. The van der Waals surface area contributed by atoms with Crippen LogP contribution in [0.25, 0.3) is 5.95 Å². The number of ether oxygens (including phenoxy) is 1. The summed E-state index contributed by atoms with van der Waals surface area (Å²) in [4.78, 5) is 24.6. The standard InChI is InChI=1S/C18H14F6N6O2/c1-9(13-28-16(32-2)29-30(13)15-25-4-3-5-26-15)27-14(31)10-6-11(17(19,20)21)8-12(7-10)18(22,23)24/h3-9H,1-2H3,(H,27,31). The molecule has 3 aromatic rings. The molecule has 0 fully saturated rings. The summed E-state index contributed by atoms with van der Waals surface area (Å²) in [7, 11) is 1.28. The van der Waals surface area contributed by atoms with Crippen LogP contribution in [0.5, 0.6) is 6.01 Å². The van der Waals surface area contributed by atoms with Gasteiger partial charge in [-0.05, 0) is 31.2 Å². The average Bonchev–Trinajstić information content (AvgIpc) is 3.17. The maximum atomic E-state index is 13.1. The van der Waals surface area contributed by atoms with Crippen molar-refractivity contribution >= 4 is 5.91 Å². The van der Waals surface area contributed by atoms with Gasteiger partial charge in [-0.15, -0.1) is 5.10 Å². The van der Waals surface area contributed by atoms with Crippen molar-refractivity contribution in [2.45, 2.75) is 25.3 Å². The fourth-order valence-electron chi connectivity index (χ4n) is 2.65. The van der Waals surface area contributed by atoms with E-state index >= 15 is 0 Å². The second-order valence-electron chi connectivity index (χ2n) is 6.41. The third kappa shape index (κ3) is 4.95. The van der Waals surface area contributed by atoms with Crippen LogP contribution in [-0.4, -0.2) is 37.7 Å². The van der Waals surface area contributed by atoms with Gasteiger partial charge in [-0.3, -0.25) is 4.79 Å². The number of amides is 1. The summed E-state index contributed by atoms with van der Waals surface area (Å²) in [5.74, 6) is -1.10. The summed E-state index contributed by atoms with van der Waals surface area (Å²) in [5.41, 5.74) is -4.03. The number of carbonyl (C=O) groups excluding carboxylic acids is 1. The number of hydrogen-bond donors (Lipinski definition) is 1. The first-order valence-electron chi connectivity index (χ1n) is 8.79.